The minimum absolute atomic E-state index is 0.810. The van der Waals surface area contributed by atoms with E-state index in [1.54, 1.807) is 0 Å². The Morgan fingerprint density at radius 3 is 1.22 bits per heavy atom. The molecule has 0 unspecified atom stereocenters. The molecule has 1 aromatic rings. The van der Waals surface area contributed by atoms with Crippen LogP contribution in [-0.2, 0) is 0 Å². The third-order valence-electron chi connectivity index (χ3n) is 1.39. The van der Waals surface area contributed by atoms with Gasteiger partial charge in [-0.2, -0.15) is 0 Å². The molecule has 0 saturated carbocycles. The average molecular weight is 119 g/mol. The molecule has 0 aromatic carbocycles. The molecular formula is C8H9N. The maximum atomic E-state index is 3.74. The lowest BCUT2D eigenvalue weighted by molar-refractivity contribution is 1.27. The van der Waals surface area contributed by atoms with E-state index in [1.165, 1.54) is 0 Å². The summed E-state index contributed by atoms with van der Waals surface area (Å²) in [5, 5.41) is 3.34. The van der Waals surface area contributed by atoms with E-state index in [9.17, 15) is 0 Å². The highest BCUT2D eigenvalue weighted by Crippen LogP contribution is 1.31. The SMILES string of the molecule is C=c1[nH]c(=C)c(=C)c1=C. The zero-order valence-electron chi connectivity index (χ0n) is 5.33. The van der Waals surface area contributed by atoms with E-state index >= 15 is 0 Å². The minimum Gasteiger partial charge on any atom is -0.356 e. The van der Waals surface area contributed by atoms with Gasteiger partial charge in [-0.05, 0) is 10.4 Å². The Morgan fingerprint density at radius 1 is 0.778 bits per heavy atom. The van der Waals surface area contributed by atoms with Crippen molar-refractivity contribution in [2.75, 3.05) is 0 Å². The maximum Gasteiger partial charge on any atom is 0.0385 e. The van der Waals surface area contributed by atoms with Gasteiger partial charge in [-0.1, -0.05) is 26.3 Å². The Morgan fingerprint density at radius 2 is 1.11 bits per heavy atom. The first-order valence-electron chi connectivity index (χ1n) is 2.66. The summed E-state index contributed by atoms with van der Waals surface area (Å²) < 4.78 is 0. The quantitative estimate of drug-likeness (QED) is 0.435. The molecule has 0 amide bonds. The third-order valence-corrected chi connectivity index (χ3v) is 1.39. The molecule has 0 aliphatic heterocycles. The average Bonchev–Trinajstić information content (AvgIpc) is 1.98. The van der Waals surface area contributed by atoms with Crippen molar-refractivity contribution < 1.29 is 0 Å². The van der Waals surface area contributed by atoms with Gasteiger partial charge in [-0.25, -0.2) is 0 Å². The molecule has 9 heavy (non-hydrogen) atoms. The topological polar surface area (TPSA) is 15.8 Å². The summed E-state index contributed by atoms with van der Waals surface area (Å²) in [4.78, 5) is 2.93. The van der Waals surface area contributed by atoms with E-state index in [-0.39, 0.29) is 0 Å². The molecule has 1 rings (SSSR count). The number of aromatic nitrogens is 1. The van der Waals surface area contributed by atoms with Crippen LogP contribution in [0.4, 0.5) is 0 Å². The van der Waals surface area contributed by atoms with Gasteiger partial charge < -0.3 is 4.98 Å². The Kier molecular flexibility index (Phi) is 1.06. The molecular weight excluding hydrogens is 110 g/mol. The van der Waals surface area contributed by atoms with Gasteiger partial charge in [0.15, 0.2) is 0 Å². The van der Waals surface area contributed by atoms with E-state index in [0.29, 0.717) is 0 Å². The highest BCUT2D eigenvalue weighted by Gasteiger charge is 1.82. The van der Waals surface area contributed by atoms with Crippen LogP contribution < -0.4 is 21.1 Å². The molecule has 1 heteroatoms. The maximum absolute atomic E-state index is 3.74. The number of nitrogens with one attached hydrogen (secondary N) is 1. The van der Waals surface area contributed by atoms with E-state index in [2.05, 4.69) is 31.3 Å². The second kappa shape index (κ2) is 1.62. The predicted molar refractivity (Wildman–Crippen MR) is 41.4 cm³/mol. The summed E-state index contributed by atoms with van der Waals surface area (Å²) >= 11 is 0. The standard InChI is InChI=1S/C8H9N/c1-5-6(2)8(4)9-7(5)3/h9H,1-4H2. The van der Waals surface area contributed by atoms with Gasteiger partial charge in [0.2, 0.25) is 0 Å². The summed E-state index contributed by atoms with van der Waals surface area (Å²) in [6.45, 7) is 14.9. The van der Waals surface area contributed by atoms with Crippen LogP contribution in [0.2, 0.25) is 0 Å². The van der Waals surface area contributed by atoms with Crippen LogP contribution in [0.1, 0.15) is 0 Å². The summed E-state index contributed by atoms with van der Waals surface area (Å²) in [5.41, 5.74) is 0. The lowest BCUT2D eigenvalue weighted by atomic mass is 10.4. The van der Waals surface area contributed by atoms with Crippen molar-refractivity contribution in [2.24, 2.45) is 0 Å². The fourth-order valence-corrected chi connectivity index (χ4v) is 0.697. The summed E-state index contributed by atoms with van der Waals surface area (Å²) in [5.74, 6) is 0. The van der Waals surface area contributed by atoms with Crippen molar-refractivity contribution >= 4 is 26.3 Å². The molecule has 0 fully saturated rings. The Bertz CT molecular complexity index is 359. The highest BCUT2D eigenvalue weighted by atomic mass is 14.7. The number of hydrogen-bond donors (Lipinski definition) is 1. The molecule has 0 radical (unpaired) electrons. The van der Waals surface area contributed by atoms with Crippen LogP contribution in [-0.4, -0.2) is 4.98 Å². The van der Waals surface area contributed by atoms with Crippen molar-refractivity contribution in [3.8, 4) is 0 Å². The van der Waals surface area contributed by atoms with Gasteiger partial charge in [0.1, 0.15) is 0 Å². The lowest BCUT2D eigenvalue weighted by Crippen LogP contribution is -2.33. The number of aromatic amines is 1. The smallest absolute Gasteiger partial charge is 0.0385 e. The van der Waals surface area contributed by atoms with Crippen LogP contribution in [0.25, 0.3) is 26.3 Å². The molecule has 0 atom stereocenters. The molecule has 1 heterocycles. The summed E-state index contributed by atoms with van der Waals surface area (Å²) in [6.07, 6.45) is 0. The molecule has 46 valence electrons. The third kappa shape index (κ3) is 0.703. The van der Waals surface area contributed by atoms with Gasteiger partial charge >= 0.3 is 0 Å². The summed E-state index contributed by atoms with van der Waals surface area (Å²) in [6, 6.07) is 0. The van der Waals surface area contributed by atoms with Crippen LogP contribution in [0, 0.1) is 0 Å². The van der Waals surface area contributed by atoms with E-state index in [1.807, 2.05) is 0 Å². The Hall–Kier alpha value is -1.24. The largest absolute Gasteiger partial charge is 0.356 e. The molecule has 1 aromatic heterocycles. The highest BCUT2D eigenvalue weighted by molar-refractivity contribution is 5.18. The molecule has 0 aliphatic carbocycles. The normalized spacial score (nSPS) is 9.78. The zero-order chi connectivity index (χ0) is 7.02. The van der Waals surface area contributed by atoms with Crippen LogP contribution >= 0.6 is 0 Å². The fraction of sp³-hybridized carbons (Fsp3) is 0. The molecule has 0 bridgehead atoms. The van der Waals surface area contributed by atoms with Crippen LogP contribution in [0.5, 0.6) is 0 Å². The molecule has 1 nitrogen and oxygen atoms in total. The van der Waals surface area contributed by atoms with Gasteiger partial charge in [-0.3, -0.25) is 0 Å². The first-order valence-corrected chi connectivity index (χ1v) is 2.66. The van der Waals surface area contributed by atoms with Gasteiger partial charge in [0, 0.05) is 10.7 Å². The van der Waals surface area contributed by atoms with Crippen molar-refractivity contribution in [2.45, 2.75) is 0 Å². The summed E-state index contributed by atoms with van der Waals surface area (Å²) in [7, 11) is 0. The number of H-pyrrole nitrogens is 1. The van der Waals surface area contributed by atoms with Crippen LogP contribution in [0.3, 0.4) is 0 Å². The van der Waals surface area contributed by atoms with Gasteiger partial charge in [-0.15, -0.1) is 0 Å². The second-order valence-electron chi connectivity index (χ2n) is 2.04. The fourth-order valence-electron chi connectivity index (χ4n) is 0.697. The van der Waals surface area contributed by atoms with Crippen molar-refractivity contribution in [1.82, 2.24) is 4.98 Å². The van der Waals surface area contributed by atoms with Crippen molar-refractivity contribution in [1.29, 1.82) is 0 Å². The molecule has 1 N–H and O–H groups in total. The second-order valence-corrected chi connectivity index (χ2v) is 2.04. The van der Waals surface area contributed by atoms with E-state index < -0.39 is 0 Å². The van der Waals surface area contributed by atoms with E-state index in [4.69, 9.17) is 0 Å². The first-order chi connectivity index (χ1) is 4.13. The number of rotatable bonds is 0. The van der Waals surface area contributed by atoms with Crippen molar-refractivity contribution in [3.63, 3.8) is 0 Å². The Labute approximate surface area is 53.3 Å². The molecule has 0 spiro atoms. The lowest BCUT2D eigenvalue weighted by Gasteiger charge is -1.64. The molecule has 0 saturated heterocycles. The predicted octanol–water partition coefficient (Wildman–Crippen LogP) is -1.34. The van der Waals surface area contributed by atoms with Crippen LogP contribution in [0.15, 0.2) is 0 Å². The first kappa shape index (κ1) is 5.89. The number of hydrogen-bond acceptors (Lipinski definition) is 0. The molecule has 0 aliphatic rings. The van der Waals surface area contributed by atoms with Gasteiger partial charge in [0.05, 0.1) is 0 Å². The zero-order valence-corrected chi connectivity index (χ0v) is 5.33. The monoisotopic (exact) mass is 119 g/mol. The van der Waals surface area contributed by atoms with Crippen molar-refractivity contribution in [3.05, 3.63) is 21.1 Å². The van der Waals surface area contributed by atoms with E-state index in [0.717, 1.165) is 21.1 Å². The van der Waals surface area contributed by atoms with Gasteiger partial charge in [0.25, 0.3) is 0 Å². The Balaban J connectivity index is 4.15. The minimum atomic E-state index is 0.810.